The van der Waals surface area contributed by atoms with Gasteiger partial charge in [0.1, 0.15) is 17.4 Å². The van der Waals surface area contributed by atoms with Gasteiger partial charge in [0, 0.05) is 25.5 Å². The Kier molecular flexibility index (Phi) is 6.61. The third-order valence-electron chi connectivity index (χ3n) is 3.41. The van der Waals surface area contributed by atoms with Gasteiger partial charge in [0.2, 0.25) is 0 Å². The van der Waals surface area contributed by atoms with Gasteiger partial charge in [-0.15, -0.1) is 0 Å². The number of carbonyl (C=O) groups is 1. The topological polar surface area (TPSA) is 65.4 Å². The zero-order valence-corrected chi connectivity index (χ0v) is 14.4. The van der Waals surface area contributed by atoms with Crippen molar-refractivity contribution in [2.75, 3.05) is 19.0 Å². The molecular formula is C20H21N3O2. The smallest absolute Gasteiger partial charge is 0.267 e. The highest BCUT2D eigenvalue weighted by atomic mass is 16.5. The maximum Gasteiger partial charge on any atom is 0.267 e. The van der Waals surface area contributed by atoms with Gasteiger partial charge in [-0.05, 0) is 36.8 Å². The first-order valence-corrected chi connectivity index (χ1v) is 8.02. The van der Waals surface area contributed by atoms with Gasteiger partial charge >= 0.3 is 0 Å². The zero-order valence-electron chi connectivity index (χ0n) is 14.4. The average Bonchev–Trinajstić information content (AvgIpc) is 2.62. The SMILES string of the molecule is CCOc1ccc(NC(=O)/C(C#N)=C\N(C)Cc2ccccc2)cc1. The van der Waals surface area contributed by atoms with E-state index in [2.05, 4.69) is 5.32 Å². The van der Waals surface area contributed by atoms with Crippen molar-refractivity contribution in [2.24, 2.45) is 0 Å². The highest BCUT2D eigenvalue weighted by molar-refractivity contribution is 6.06. The van der Waals surface area contributed by atoms with Crippen LogP contribution in [0.4, 0.5) is 5.69 Å². The van der Waals surface area contributed by atoms with E-state index >= 15 is 0 Å². The summed E-state index contributed by atoms with van der Waals surface area (Å²) < 4.78 is 5.36. The normalized spacial score (nSPS) is 10.7. The van der Waals surface area contributed by atoms with Gasteiger partial charge in [-0.2, -0.15) is 5.26 Å². The molecule has 1 amide bonds. The molecule has 0 aliphatic carbocycles. The van der Waals surface area contributed by atoms with Crippen molar-refractivity contribution in [3.63, 3.8) is 0 Å². The Bertz CT molecular complexity index is 762. The van der Waals surface area contributed by atoms with Crippen molar-refractivity contribution in [1.29, 1.82) is 5.26 Å². The fraction of sp³-hybridized carbons (Fsp3) is 0.200. The number of rotatable bonds is 7. The summed E-state index contributed by atoms with van der Waals surface area (Å²) in [7, 11) is 1.83. The largest absolute Gasteiger partial charge is 0.494 e. The molecule has 2 aromatic carbocycles. The zero-order chi connectivity index (χ0) is 18.1. The highest BCUT2D eigenvalue weighted by Crippen LogP contribution is 2.16. The van der Waals surface area contributed by atoms with Gasteiger partial charge < -0.3 is 15.0 Å². The van der Waals surface area contributed by atoms with Gasteiger partial charge in [-0.25, -0.2) is 0 Å². The van der Waals surface area contributed by atoms with Gasteiger partial charge in [-0.3, -0.25) is 4.79 Å². The summed E-state index contributed by atoms with van der Waals surface area (Å²) in [6.45, 7) is 3.11. The molecule has 25 heavy (non-hydrogen) atoms. The lowest BCUT2D eigenvalue weighted by Gasteiger charge is -2.15. The number of benzene rings is 2. The van der Waals surface area contributed by atoms with E-state index in [1.54, 1.807) is 30.5 Å². The van der Waals surface area contributed by atoms with Gasteiger partial charge in [0.05, 0.1) is 6.61 Å². The molecule has 5 heteroatoms. The maximum atomic E-state index is 12.3. The highest BCUT2D eigenvalue weighted by Gasteiger charge is 2.10. The third kappa shape index (κ3) is 5.70. The van der Waals surface area contributed by atoms with Crippen LogP contribution in [-0.4, -0.2) is 24.5 Å². The molecule has 0 unspecified atom stereocenters. The standard InChI is InChI=1S/C20H21N3O2/c1-3-25-19-11-9-18(10-12-19)22-20(24)17(13-21)15-23(2)14-16-7-5-4-6-8-16/h4-12,15H,3,14H2,1-2H3,(H,22,24)/b17-15-. The van der Waals surface area contributed by atoms with E-state index in [0.717, 1.165) is 11.3 Å². The lowest BCUT2D eigenvalue weighted by molar-refractivity contribution is -0.112. The van der Waals surface area contributed by atoms with Crippen molar-refractivity contribution in [3.05, 3.63) is 71.9 Å². The minimum Gasteiger partial charge on any atom is -0.494 e. The summed E-state index contributed by atoms with van der Waals surface area (Å²) in [5, 5.41) is 12.0. The fourth-order valence-corrected chi connectivity index (χ4v) is 2.28. The molecule has 128 valence electrons. The van der Waals surface area contributed by atoms with Crippen LogP contribution in [0.3, 0.4) is 0 Å². The third-order valence-corrected chi connectivity index (χ3v) is 3.41. The second kappa shape index (κ2) is 9.14. The van der Waals surface area contributed by atoms with E-state index in [4.69, 9.17) is 4.74 Å². The van der Waals surface area contributed by atoms with Crippen LogP contribution in [0.5, 0.6) is 5.75 Å². The molecule has 5 nitrogen and oxygen atoms in total. The van der Waals surface area contributed by atoms with Crippen LogP contribution >= 0.6 is 0 Å². The van der Waals surface area contributed by atoms with Crippen molar-refractivity contribution in [1.82, 2.24) is 4.90 Å². The maximum absolute atomic E-state index is 12.3. The van der Waals surface area contributed by atoms with Gasteiger partial charge in [-0.1, -0.05) is 30.3 Å². The number of hydrogen-bond acceptors (Lipinski definition) is 4. The van der Waals surface area contributed by atoms with E-state index in [-0.39, 0.29) is 5.57 Å². The summed E-state index contributed by atoms with van der Waals surface area (Å²) in [6, 6.07) is 18.8. The van der Waals surface area contributed by atoms with E-state index in [0.29, 0.717) is 18.8 Å². The van der Waals surface area contributed by atoms with Crippen molar-refractivity contribution in [2.45, 2.75) is 13.5 Å². The van der Waals surface area contributed by atoms with E-state index in [9.17, 15) is 10.1 Å². The van der Waals surface area contributed by atoms with Crippen LogP contribution in [0.15, 0.2) is 66.4 Å². The molecule has 2 aromatic rings. The van der Waals surface area contributed by atoms with Crippen molar-refractivity contribution >= 4 is 11.6 Å². The Hall–Kier alpha value is -3.26. The molecule has 0 saturated carbocycles. The summed E-state index contributed by atoms with van der Waals surface area (Å²) in [5.41, 5.74) is 1.76. The van der Waals surface area contributed by atoms with Crippen LogP contribution in [0.25, 0.3) is 0 Å². The summed E-state index contributed by atoms with van der Waals surface area (Å²) in [4.78, 5) is 14.1. The molecule has 0 aliphatic heterocycles. The van der Waals surface area contributed by atoms with Crippen molar-refractivity contribution in [3.8, 4) is 11.8 Å². The predicted octanol–water partition coefficient (Wildman–Crippen LogP) is 3.56. The van der Waals surface area contributed by atoms with E-state index in [1.807, 2.05) is 55.3 Å². The predicted molar refractivity (Wildman–Crippen MR) is 97.8 cm³/mol. The molecule has 0 fully saturated rings. The number of amides is 1. The van der Waals surface area contributed by atoms with E-state index in [1.165, 1.54) is 0 Å². The Morgan fingerprint density at radius 2 is 1.88 bits per heavy atom. The average molecular weight is 335 g/mol. The first kappa shape index (κ1) is 18.1. The van der Waals surface area contributed by atoms with Crippen LogP contribution in [0.2, 0.25) is 0 Å². The van der Waals surface area contributed by atoms with Crippen LogP contribution in [0.1, 0.15) is 12.5 Å². The van der Waals surface area contributed by atoms with Crippen LogP contribution in [0, 0.1) is 11.3 Å². The van der Waals surface area contributed by atoms with Crippen molar-refractivity contribution < 1.29 is 9.53 Å². The molecule has 0 radical (unpaired) electrons. The number of carbonyl (C=O) groups excluding carboxylic acids is 1. The second-order valence-electron chi connectivity index (χ2n) is 5.47. The first-order chi connectivity index (χ1) is 12.1. The fourth-order valence-electron chi connectivity index (χ4n) is 2.28. The quantitative estimate of drug-likeness (QED) is 0.620. The molecule has 0 atom stereocenters. The monoisotopic (exact) mass is 335 g/mol. The van der Waals surface area contributed by atoms with Crippen LogP contribution < -0.4 is 10.1 Å². The number of anilines is 1. The van der Waals surface area contributed by atoms with Gasteiger partial charge in [0.15, 0.2) is 0 Å². The summed E-state index contributed by atoms with van der Waals surface area (Å²) >= 11 is 0. The molecule has 0 saturated heterocycles. The number of hydrogen-bond donors (Lipinski definition) is 1. The Balaban J connectivity index is 2.01. The minimum atomic E-state index is -0.438. The molecule has 0 heterocycles. The molecule has 0 aliphatic rings. The number of nitrogens with one attached hydrogen (secondary N) is 1. The number of ether oxygens (including phenoxy) is 1. The minimum absolute atomic E-state index is 0.0484. The molecule has 2 rings (SSSR count). The van der Waals surface area contributed by atoms with Crippen LogP contribution in [-0.2, 0) is 11.3 Å². The Labute approximate surface area is 148 Å². The molecular weight excluding hydrogens is 314 g/mol. The van der Waals surface area contributed by atoms with E-state index < -0.39 is 5.91 Å². The second-order valence-corrected chi connectivity index (χ2v) is 5.47. The lowest BCUT2D eigenvalue weighted by atomic mass is 10.2. The first-order valence-electron chi connectivity index (χ1n) is 8.02. The number of nitriles is 1. The molecule has 1 N–H and O–H groups in total. The summed E-state index contributed by atoms with van der Waals surface area (Å²) in [5.74, 6) is 0.297. The Morgan fingerprint density at radius 3 is 2.48 bits per heavy atom. The number of nitrogens with zero attached hydrogens (tertiary/aromatic N) is 2. The lowest BCUT2D eigenvalue weighted by Crippen LogP contribution is -2.18. The molecule has 0 bridgehead atoms. The molecule has 0 spiro atoms. The Morgan fingerprint density at radius 1 is 1.20 bits per heavy atom. The molecule has 0 aromatic heterocycles. The van der Waals surface area contributed by atoms with Gasteiger partial charge in [0.25, 0.3) is 5.91 Å². The summed E-state index contributed by atoms with van der Waals surface area (Å²) in [6.07, 6.45) is 1.55.